The molecule has 2 aliphatic heterocycles. The van der Waals surface area contributed by atoms with Crippen LogP contribution in [0.3, 0.4) is 0 Å². The molecule has 4 aromatic rings. The normalized spacial score (nSPS) is 13.6. The van der Waals surface area contributed by atoms with Gasteiger partial charge in [0.25, 0.3) is 0 Å². The summed E-state index contributed by atoms with van der Waals surface area (Å²) in [6.45, 7) is 10.5. The molecule has 3 aromatic heterocycles. The molecule has 0 spiro atoms. The molecule has 0 unspecified atom stereocenters. The molecule has 2 aliphatic rings. The maximum Gasteiger partial charge on any atom is 2.00 e. The quantitative estimate of drug-likeness (QED) is 0.180. The topological polar surface area (TPSA) is 88.1 Å². The smallest absolute Gasteiger partial charge is 0.657 e. The van der Waals surface area contributed by atoms with Crippen LogP contribution >= 0.6 is 0 Å². The summed E-state index contributed by atoms with van der Waals surface area (Å²) in [6, 6.07) is 13.6. The van der Waals surface area contributed by atoms with Crippen molar-refractivity contribution in [3.05, 3.63) is 93.1 Å². The summed E-state index contributed by atoms with van der Waals surface area (Å²) in [4.78, 5) is 43.6. The van der Waals surface area contributed by atoms with Crippen LogP contribution in [0.25, 0.3) is 45.3 Å². The Bertz CT molecular complexity index is 1870. The minimum Gasteiger partial charge on any atom is -0.657 e. The summed E-state index contributed by atoms with van der Waals surface area (Å²) in [7, 11) is 0. The molecule has 8 bridgehead atoms. The van der Waals surface area contributed by atoms with Gasteiger partial charge in [-0.3, -0.25) is 14.6 Å². The largest absolute Gasteiger partial charge is 2.00 e. The van der Waals surface area contributed by atoms with E-state index in [0.717, 1.165) is 51.9 Å². The molecule has 0 aliphatic carbocycles. The van der Waals surface area contributed by atoms with Gasteiger partial charge >= 0.3 is 19.5 Å². The Morgan fingerprint density at radius 2 is 1.43 bits per heavy atom. The number of carbonyl (C=O) groups excluding carboxylic acids is 2. The molecule has 6 nitrogen and oxygen atoms in total. The third-order valence-electron chi connectivity index (χ3n) is 7.49. The maximum absolute atomic E-state index is 12.2. The Hall–Kier alpha value is -3.96. The van der Waals surface area contributed by atoms with Crippen LogP contribution in [-0.2, 0) is 31.3 Å². The molecule has 0 amide bonds. The third-order valence-corrected chi connectivity index (χ3v) is 7.49. The molecule has 0 radical (unpaired) electrons. The summed E-state index contributed by atoms with van der Waals surface area (Å²) in [5, 5.41) is 0. The molecule has 1 aromatic carbocycles. The van der Waals surface area contributed by atoms with E-state index in [4.69, 9.17) is 19.9 Å². The number of hydrogen-bond acceptors (Lipinski definition) is 4. The zero-order valence-electron chi connectivity index (χ0n) is 23.4. The number of aromatic nitrogens is 4. The molecule has 7 heteroatoms. The first-order chi connectivity index (χ1) is 18.6. The van der Waals surface area contributed by atoms with Crippen LogP contribution in [0.5, 0.6) is 0 Å². The van der Waals surface area contributed by atoms with Crippen LogP contribution in [0.2, 0.25) is 0 Å². The predicted molar refractivity (Wildman–Crippen MR) is 155 cm³/mol. The molecule has 0 atom stereocenters. The first-order valence-corrected chi connectivity index (χ1v) is 13.0. The Kier molecular flexibility index (Phi) is 7.05. The van der Waals surface area contributed by atoms with E-state index in [1.54, 1.807) is 6.07 Å². The van der Waals surface area contributed by atoms with E-state index in [0.29, 0.717) is 45.3 Å². The first-order valence-electron chi connectivity index (χ1n) is 13.0. The van der Waals surface area contributed by atoms with E-state index in [2.05, 4.69) is 46.8 Å². The van der Waals surface area contributed by atoms with Crippen LogP contribution in [-0.4, -0.2) is 22.5 Å². The van der Waals surface area contributed by atoms with E-state index in [9.17, 15) is 9.59 Å². The number of benzene rings is 1. The molecule has 0 fully saturated rings. The van der Waals surface area contributed by atoms with Crippen LogP contribution < -0.4 is 9.97 Å². The number of rotatable bonds is 3. The summed E-state index contributed by atoms with van der Waals surface area (Å²) in [5.41, 5.74) is 11.7. The summed E-state index contributed by atoms with van der Waals surface area (Å²) in [6.07, 6.45) is 6.25. The zero-order valence-corrected chi connectivity index (χ0v) is 26.3. The van der Waals surface area contributed by atoms with Crippen molar-refractivity contribution >= 4 is 46.8 Å². The van der Waals surface area contributed by atoms with Gasteiger partial charge in [0, 0.05) is 23.2 Å². The standard InChI is InChI=1S/C33H29N4O2.Zn/c1-18-8-19(2)31(20(3)9-18)32-26-7-6-23(34-26)12-27-21(16-38)10-24(35-27)14-30-33(4,5)15-25(36-30)13-28-22(17-39)11-29(32)37-28;/h6-14,16-17H,15H2,1-5H3,(H-,34,35,36,37,38,39);/q-1;+2/p-1. The second-order valence-electron chi connectivity index (χ2n) is 11.1. The molecule has 40 heavy (non-hydrogen) atoms. The second-order valence-corrected chi connectivity index (χ2v) is 11.1. The monoisotopic (exact) mass is 576 g/mol. The van der Waals surface area contributed by atoms with Gasteiger partial charge in [0.1, 0.15) is 12.6 Å². The van der Waals surface area contributed by atoms with Crippen molar-refractivity contribution in [3.8, 4) is 11.1 Å². The van der Waals surface area contributed by atoms with Crippen LogP contribution in [0.15, 0.2) is 42.5 Å². The number of fused-ring (bicyclic) bond motifs is 8. The Labute approximate surface area is 245 Å². The number of hydrogen-bond donors (Lipinski definition) is 0. The summed E-state index contributed by atoms with van der Waals surface area (Å²) >= 11 is 0. The fraction of sp³-hybridized carbons (Fsp3) is 0.212. The van der Waals surface area contributed by atoms with Crippen molar-refractivity contribution in [1.82, 2.24) is 19.9 Å². The minimum absolute atomic E-state index is 0. The average molecular weight is 578 g/mol. The van der Waals surface area contributed by atoms with Gasteiger partial charge in [-0.15, -0.1) is 22.1 Å². The number of nitrogens with zero attached hydrogens (tertiary/aromatic N) is 4. The van der Waals surface area contributed by atoms with Crippen LogP contribution in [0.1, 0.15) is 74.0 Å². The van der Waals surface area contributed by atoms with Gasteiger partial charge in [-0.1, -0.05) is 61.9 Å². The fourth-order valence-corrected chi connectivity index (χ4v) is 5.74. The average Bonchev–Trinajstić information content (AvgIpc) is 3.63. The zero-order chi connectivity index (χ0) is 27.5. The molecule has 6 rings (SSSR count). The fourth-order valence-electron chi connectivity index (χ4n) is 5.74. The van der Waals surface area contributed by atoms with Crippen molar-refractivity contribution in [2.75, 3.05) is 0 Å². The number of aryl methyl sites for hydroxylation is 3. The van der Waals surface area contributed by atoms with Gasteiger partial charge in [-0.05, 0) is 66.3 Å². The van der Waals surface area contributed by atoms with E-state index in [1.165, 1.54) is 5.56 Å². The predicted octanol–water partition coefficient (Wildman–Crippen LogP) is 6.48. The van der Waals surface area contributed by atoms with Crippen molar-refractivity contribution in [1.29, 1.82) is 0 Å². The molecule has 0 saturated heterocycles. The van der Waals surface area contributed by atoms with Gasteiger partial charge in [0.05, 0.1) is 11.4 Å². The van der Waals surface area contributed by atoms with Gasteiger partial charge in [-0.25, -0.2) is 4.98 Å². The molecule has 194 valence electrons. The minimum atomic E-state index is -0.240. The Morgan fingerprint density at radius 3 is 2.12 bits per heavy atom. The SMILES string of the molecule is Cc1cc(C)c(-c2c3nc(cc4[n-]c(cc5nc(cc6[n-]c2cc6C=O)CC5(C)C)cc4C=O)C=C3)c(C)c1.[Zn+2]. The molecule has 5 heterocycles. The molecule has 0 N–H and O–H groups in total. The Morgan fingerprint density at radius 1 is 0.750 bits per heavy atom. The molecular weight excluding hydrogens is 550 g/mol. The van der Waals surface area contributed by atoms with Gasteiger partial charge in [0.15, 0.2) is 0 Å². The maximum atomic E-state index is 12.2. The van der Waals surface area contributed by atoms with Crippen LogP contribution in [0.4, 0.5) is 0 Å². The Balaban J connectivity index is 0.00000323. The van der Waals surface area contributed by atoms with E-state index in [-0.39, 0.29) is 24.9 Å². The van der Waals surface area contributed by atoms with Crippen LogP contribution in [0, 0.1) is 20.8 Å². The summed E-state index contributed by atoms with van der Waals surface area (Å²) < 4.78 is 0. The van der Waals surface area contributed by atoms with Crippen molar-refractivity contribution in [2.24, 2.45) is 0 Å². The number of carbonyl (C=O) groups is 2. The van der Waals surface area contributed by atoms with Gasteiger partial charge in [0.2, 0.25) is 0 Å². The van der Waals surface area contributed by atoms with E-state index >= 15 is 0 Å². The second kappa shape index (κ2) is 10.2. The van der Waals surface area contributed by atoms with Gasteiger partial charge < -0.3 is 9.97 Å². The first kappa shape index (κ1) is 27.6. The van der Waals surface area contributed by atoms with Gasteiger partial charge in [-0.2, -0.15) is 0 Å². The molecule has 0 saturated carbocycles. The van der Waals surface area contributed by atoms with Crippen molar-refractivity contribution in [3.63, 3.8) is 0 Å². The number of aldehydes is 2. The van der Waals surface area contributed by atoms with E-state index in [1.807, 2.05) is 36.4 Å². The van der Waals surface area contributed by atoms with Crippen molar-refractivity contribution < 1.29 is 29.1 Å². The van der Waals surface area contributed by atoms with Crippen molar-refractivity contribution in [2.45, 2.75) is 46.5 Å². The van der Waals surface area contributed by atoms with E-state index < -0.39 is 0 Å². The summed E-state index contributed by atoms with van der Waals surface area (Å²) in [5.74, 6) is 0. The molecular formula is C33H28N4O2Zn. The third kappa shape index (κ3) is 4.80.